The van der Waals surface area contributed by atoms with Crippen molar-refractivity contribution in [3.8, 4) is 11.5 Å². The van der Waals surface area contributed by atoms with Gasteiger partial charge in [-0.3, -0.25) is 14.5 Å². The molecule has 0 spiro atoms. The lowest BCUT2D eigenvalue weighted by Gasteiger charge is -2.35. The van der Waals surface area contributed by atoms with Crippen molar-refractivity contribution in [2.24, 2.45) is 0 Å². The van der Waals surface area contributed by atoms with Crippen molar-refractivity contribution in [1.29, 1.82) is 0 Å². The van der Waals surface area contributed by atoms with Crippen LogP contribution in [0.25, 0.3) is 0 Å². The number of benzene rings is 3. The zero-order valence-electron chi connectivity index (χ0n) is 22.2. The van der Waals surface area contributed by atoms with Crippen LogP contribution in [-0.2, 0) is 9.59 Å². The number of fused-ring (bicyclic) bond motifs is 1. The molecule has 6 heteroatoms. The van der Waals surface area contributed by atoms with Gasteiger partial charge in [0.15, 0.2) is 5.78 Å². The summed E-state index contributed by atoms with van der Waals surface area (Å²) < 4.78 is 11.4. The van der Waals surface area contributed by atoms with Gasteiger partial charge in [-0.1, -0.05) is 56.3 Å². The smallest absolute Gasteiger partial charge is 0.227 e. The summed E-state index contributed by atoms with van der Waals surface area (Å²) in [5, 5.41) is 3.58. The first-order valence-corrected chi connectivity index (χ1v) is 13.4. The maximum atomic E-state index is 14.1. The molecular formula is C32H34N2O4. The first-order valence-electron chi connectivity index (χ1n) is 13.4. The van der Waals surface area contributed by atoms with Gasteiger partial charge >= 0.3 is 0 Å². The molecule has 0 aromatic heterocycles. The Balaban J connectivity index is 1.66. The third-order valence-corrected chi connectivity index (χ3v) is 7.31. The van der Waals surface area contributed by atoms with Gasteiger partial charge in [0.25, 0.3) is 0 Å². The molecule has 1 aliphatic heterocycles. The molecule has 38 heavy (non-hydrogen) atoms. The van der Waals surface area contributed by atoms with Gasteiger partial charge in [0.1, 0.15) is 11.5 Å². The van der Waals surface area contributed by atoms with Crippen LogP contribution in [0.5, 0.6) is 11.5 Å². The van der Waals surface area contributed by atoms with E-state index in [1.807, 2.05) is 73.7 Å². The molecule has 2 atom stereocenters. The number of ketones is 1. The van der Waals surface area contributed by atoms with E-state index < -0.39 is 6.04 Å². The van der Waals surface area contributed by atoms with Crippen LogP contribution in [0.2, 0.25) is 0 Å². The number of nitrogens with one attached hydrogen (secondary N) is 1. The lowest BCUT2D eigenvalue weighted by molar-refractivity contribution is -0.119. The highest BCUT2D eigenvalue weighted by Crippen LogP contribution is 2.48. The van der Waals surface area contributed by atoms with Gasteiger partial charge in [-0.15, -0.1) is 0 Å². The minimum Gasteiger partial charge on any atom is -0.497 e. The molecule has 2 aliphatic rings. The van der Waals surface area contributed by atoms with E-state index >= 15 is 0 Å². The van der Waals surface area contributed by atoms with E-state index in [1.165, 1.54) is 0 Å². The van der Waals surface area contributed by atoms with Crippen LogP contribution in [0, 0.1) is 0 Å². The Morgan fingerprint density at radius 1 is 0.974 bits per heavy atom. The molecule has 1 aliphatic carbocycles. The average molecular weight is 511 g/mol. The molecule has 1 heterocycles. The molecule has 1 amide bonds. The zero-order chi connectivity index (χ0) is 26.6. The van der Waals surface area contributed by atoms with Gasteiger partial charge in [0.2, 0.25) is 5.91 Å². The second-order valence-electron chi connectivity index (χ2n) is 9.74. The molecular weight excluding hydrogens is 476 g/mol. The number of methoxy groups -OCH3 is 1. The highest BCUT2D eigenvalue weighted by Gasteiger charge is 2.41. The molecule has 0 radical (unpaired) electrons. The number of para-hydroxylation sites is 3. The number of ether oxygens (including phenoxy) is 2. The van der Waals surface area contributed by atoms with Crippen LogP contribution < -0.4 is 19.7 Å². The minimum atomic E-state index is -0.542. The maximum Gasteiger partial charge on any atom is 0.227 e. The molecule has 6 nitrogen and oxygen atoms in total. The van der Waals surface area contributed by atoms with E-state index in [0.29, 0.717) is 31.4 Å². The topological polar surface area (TPSA) is 67.9 Å². The van der Waals surface area contributed by atoms with Crippen molar-refractivity contribution in [3.63, 3.8) is 0 Å². The Bertz CT molecular complexity index is 1360. The van der Waals surface area contributed by atoms with E-state index in [0.717, 1.165) is 46.1 Å². The SMILES string of the molecule is CCCOc1ccccc1[C@H]1CC(=O)C2=C(C1)Nc1ccccc1N(C(=O)CC)[C@@H]2c1ccc(OC)cc1. The van der Waals surface area contributed by atoms with Crippen LogP contribution in [0.4, 0.5) is 11.4 Å². The molecule has 196 valence electrons. The van der Waals surface area contributed by atoms with E-state index in [4.69, 9.17) is 9.47 Å². The van der Waals surface area contributed by atoms with E-state index in [1.54, 1.807) is 12.0 Å². The minimum absolute atomic E-state index is 0.0288. The number of carbonyl (C=O) groups excluding carboxylic acids is 2. The second-order valence-corrected chi connectivity index (χ2v) is 9.74. The number of Topliss-reactive ketones (excluding diaryl/α,β-unsaturated/α-hetero) is 1. The normalized spacial score (nSPS) is 18.7. The Labute approximate surface area is 224 Å². The van der Waals surface area contributed by atoms with Gasteiger partial charge in [0.05, 0.1) is 31.1 Å². The van der Waals surface area contributed by atoms with Crippen molar-refractivity contribution in [3.05, 3.63) is 95.2 Å². The van der Waals surface area contributed by atoms with Crippen molar-refractivity contribution < 1.29 is 19.1 Å². The highest BCUT2D eigenvalue weighted by atomic mass is 16.5. The number of amides is 1. The van der Waals surface area contributed by atoms with Crippen molar-refractivity contribution in [2.75, 3.05) is 23.9 Å². The van der Waals surface area contributed by atoms with Gasteiger partial charge in [-0.05, 0) is 54.3 Å². The summed E-state index contributed by atoms with van der Waals surface area (Å²) in [6.45, 7) is 4.57. The van der Waals surface area contributed by atoms with Crippen molar-refractivity contribution in [1.82, 2.24) is 0 Å². The third-order valence-electron chi connectivity index (χ3n) is 7.31. The molecule has 0 fully saturated rings. The maximum absolute atomic E-state index is 14.1. The Morgan fingerprint density at radius 3 is 2.45 bits per heavy atom. The molecule has 1 N–H and O–H groups in total. The van der Waals surface area contributed by atoms with Gasteiger partial charge in [-0.2, -0.15) is 0 Å². The number of nitrogens with zero attached hydrogens (tertiary/aromatic N) is 1. The third kappa shape index (κ3) is 4.78. The molecule has 5 rings (SSSR count). The summed E-state index contributed by atoms with van der Waals surface area (Å²) in [4.78, 5) is 29.4. The number of carbonyl (C=O) groups is 2. The van der Waals surface area contributed by atoms with Crippen LogP contribution in [0.15, 0.2) is 84.1 Å². The van der Waals surface area contributed by atoms with Crippen molar-refractivity contribution >= 4 is 23.1 Å². The Kier molecular flexibility index (Phi) is 7.50. The quantitative estimate of drug-likeness (QED) is 0.379. The first kappa shape index (κ1) is 25.6. The van der Waals surface area contributed by atoms with E-state index in [-0.39, 0.29) is 17.6 Å². The summed E-state index contributed by atoms with van der Waals surface area (Å²) in [5.74, 6) is 1.53. The molecule has 0 bridgehead atoms. The Morgan fingerprint density at radius 2 is 1.71 bits per heavy atom. The molecule has 0 saturated heterocycles. The molecule has 0 unspecified atom stereocenters. The van der Waals surface area contributed by atoms with Crippen LogP contribution in [0.3, 0.4) is 0 Å². The van der Waals surface area contributed by atoms with Gasteiger partial charge < -0.3 is 14.8 Å². The second kappa shape index (κ2) is 11.1. The van der Waals surface area contributed by atoms with Gasteiger partial charge in [-0.25, -0.2) is 0 Å². The summed E-state index contributed by atoms with van der Waals surface area (Å²) in [6.07, 6.45) is 2.23. The summed E-state index contributed by atoms with van der Waals surface area (Å²) in [6, 6.07) is 22.9. The Hall–Kier alpha value is -4.06. The molecule has 3 aromatic carbocycles. The van der Waals surface area contributed by atoms with Crippen LogP contribution in [-0.4, -0.2) is 25.4 Å². The summed E-state index contributed by atoms with van der Waals surface area (Å²) in [5.41, 5.74) is 5.01. The largest absolute Gasteiger partial charge is 0.497 e. The zero-order valence-corrected chi connectivity index (χ0v) is 22.2. The standard InChI is InChI=1S/C32H34N2O4/c1-4-18-38-29-13-9-6-10-24(29)22-19-26-31(28(35)20-22)32(21-14-16-23(37-3)17-15-21)34(30(36)5-2)27-12-8-7-11-25(27)33-26/h6-17,22,32-33H,4-5,18-20H2,1-3H3/t22-,32-/m1/s1. The predicted molar refractivity (Wildman–Crippen MR) is 150 cm³/mol. The predicted octanol–water partition coefficient (Wildman–Crippen LogP) is 6.79. The number of anilines is 2. The highest BCUT2D eigenvalue weighted by molar-refractivity contribution is 6.06. The number of hydrogen-bond acceptors (Lipinski definition) is 5. The summed E-state index contributed by atoms with van der Waals surface area (Å²) >= 11 is 0. The van der Waals surface area contributed by atoms with Crippen molar-refractivity contribution in [2.45, 2.75) is 51.5 Å². The average Bonchev–Trinajstić information content (AvgIpc) is 3.10. The lowest BCUT2D eigenvalue weighted by atomic mass is 9.78. The molecule has 3 aromatic rings. The number of rotatable bonds is 7. The van der Waals surface area contributed by atoms with E-state index in [2.05, 4.69) is 18.3 Å². The number of hydrogen-bond donors (Lipinski definition) is 1. The van der Waals surface area contributed by atoms with Gasteiger partial charge in [0, 0.05) is 30.0 Å². The fraction of sp³-hybridized carbons (Fsp3) is 0.312. The first-order chi connectivity index (χ1) is 18.5. The monoisotopic (exact) mass is 510 g/mol. The number of allylic oxidation sites excluding steroid dienone is 1. The van der Waals surface area contributed by atoms with E-state index in [9.17, 15) is 9.59 Å². The lowest BCUT2D eigenvalue weighted by Crippen LogP contribution is -2.38. The fourth-order valence-corrected chi connectivity index (χ4v) is 5.52. The fourth-order valence-electron chi connectivity index (χ4n) is 5.52. The van der Waals surface area contributed by atoms with Crippen LogP contribution >= 0.6 is 0 Å². The van der Waals surface area contributed by atoms with Crippen LogP contribution in [0.1, 0.15) is 62.6 Å². The molecule has 0 saturated carbocycles. The summed E-state index contributed by atoms with van der Waals surface area (Å²) in [7, 11) is 1.63.